The van der Waals surface area contributed by atoms with E-state index in [1.807, 2.05) is 32.0 Å². The van der Waals surface area contributed by atoms with Gasteiger partial charge in [0.25, 0.3) is 5.69 Å². The Hall–Kier alpha value is -5.00. The SMILES string of the molecule is Cc1ccc(Nc2nc(NN=Cc3ccc(-c4ccc(Cl)cc4Cl)o3)nc(Nc3ccc([N+](=O)[O-])cc3)n2)cc1C. The second-order valence-corrected chi connectivity index (χ2v) is 9.70. The van der Waals surface area contributed by atoms with Crippen molar-refractivity contribution in [2.45, 2.75) is 13.8 Å². The number of hydrazone groups is 1. The third kappa shape index (κ3) is 6.96. The molecule has 3 aromatic carbocycles. The summed E-state index contributed by atoms with van der Waals surface area (Å²) in [5.41, 5.74) is 7.07. The third-order valence-electron chi connectivity index (χ3n) is 5.91. The van der Waals surface area contributed by atoms with Gasteiger partial charge in [0.15, 0.2) is 0 Å². The van der Waals surface area contributed by atoms with E-state index in [0.717, 1.165) is 16.8 Å². The maximum Gasteiger partial charge on any atom is 0.269 e. The fourth-order valence-corrected chi connectivity index (χ4v) is 4.19. The van der Waals surface area contributed by atoms with E-state index in [0.29, 0.717) is 32.8 Å². The fourth-order valence-electron chi connectivity index (χ4n) is 3.69. The molecule has 0 aliphatic rings. The highest BCUT2D eigenvalue weighted by molar-refractivity contribution is 6.36. The normalized spacial score (nSPS) is 11.0. The monoisotopic (exact) mass is 588 g/mol. The van der Waals surface area contributed by atoms with Crippen LogP contribution in [0.4, 0.5) is 34.9 Å². The number of furan rings is 1. The number of benzene rings is 3. The Balaban J connectivity index is 1.37. The number of nitro groups is 1. The van der Waals surface area contributed by atoms with Crippen LogP contribution in [0.2, 0.25) is 10.0 Å². The van der Waals surface area contributed by atoms with Crippen molar-refractivity contribution in [1.82, 2.24) is 15.0 Å². The van der Waals surface area contributed by atoms with Crippen LogP contribution < -0.4 is 16.1 Å². The van der Waals surface area contributed by atoms with Gasteiger partial charge in [0, 0.05) is 34.1 Å². The average molecular weight is 589 g/mol. The van der Waals surface area contributed by atoms with Gasteiger partial charge in [0.1, 0.15) is 11.5 Å². The van der Waals surface area contributed by atoms with Crippen molar-refractivity contribution in [3.05, 3.63) is 110 Å². The molecule has 0 aliphatic carbocycles. The highest BCUT2D eigenvalue weighted by Crippen LogP contribution is 2.31. The van der Waals surface area contributed by atoms with Crippen molar-refractivity contribution < 1.29 is 9.34 Å². The molecule has 0 unspecified atom stereocenters. The van der Waals surface area contributed by atoms with Crippen molar-refractivity contribution in [2.75, 3.05) is 16.1 Å². The molecule has 0 radical (unpaired) electrons. The Morgan fingerprint density at radius 3 is 2.20 bits per heavy atom. The molecule has 2 aromatic heterocycles. The summed E-state index contributed by atoms with van der Waals surface area (Å²) < 4.78 is 5.84. The maximum absolute atomic E-state index is 11.0. The summed E-state index contributed by atoms with van der Waals surface area (Å²) in [4.78, 5) is 23.7. The second kappa shape index (κ2) is 12.0. The first-order valence-corrected chi connectivity index (χ1v) is 13.0. The number of rotatable bonds is 9. The van der Waals surface area contributed by atoms with Crippen LogP contribution in [0.15, 0.2) is 82.3 Å². The van der Waals surface area contributed by atoms with Crippen molar-refractivity contribution in [2.24, 2.45) is 5.10 Å². The van der Waals surface area contributed by atoms with Crippen molar-refractivity contribution in [3.8, 4) is 11.3 Å². The highest BCUT2D eigenvalue weighted by Gasteiger charge is 2.11. The van der Waals surface area contributed by atoms with Gasteiger partial charge in [-0.2, -0.15) is 20.1 Å². The van der Waals surface area contributed by atoms with E-state index in [2.05, 4.69) is 36.1 Å². The van der Waals surface area contributed by atoms with Crippen LogP contribution >= 0.6 is 23.2 Å². The average Bonchev–Trinajstić information content (AvgIpc) is 3.39. The van der Waals surface area contributed by atoms with Gasteiger partial charge >= 0.3 is 0 Å². The zero-order valence-corrected chi connectivity index (χ0v) is 23.2. The minimum absolute atomic E-state index is 0.0283. The predicted molar refractivity (Wildman–Crippen MR) is 161 cm³/mol. The number of aromatic nitrogens is 3. The summed E-state index contributed by atoms with van der Waals surface area (Å²) in [6, 6.07) is 20.4. The quantitative estimate of drug-likeness (QED) is 0.0888. The van der Waals surface area contributed by atoms with Crippen molar-refractivity contribution in [3.63, 3.8) is 0 Å². The summed E-state index contributed by atoms with van der Waals surface area (Å²) in [7, 11) is 0. The molecule has 3 N–H and O–H groups in total. The van der Waals surface area contributed by atoms with E-state index >= 15 is 0 Å². The molecule has 0 atom stereocenters. The first kappa shape index (κ1) is 27.6. The molecular formula is C28H22Cl2N8O3. The lowest BCUT2D eigenvalue weighted by atomic mass is 10.1. The molecule has 0 fully saturated rings. The first-order chi connectivity index (χ1) is 19.7. The van der Waals surface area contributed by atoms with Crippen LogP contribution in [0.3, 0.4) is 0 Å². The third-order valence-corrected chi connectivity index (χ3v) is 6.46. The van der Waals surface area contributed by atoms with E-state index in [-0.39, 0.29) is 23.5 Å². The first-order valence-electron chi connectivity index (χ1n) is 12.2. The van der Waals surface area contributed by atoms with Gasteiger partial charge in [-0.25, -0.2) is 5.43 Å². The van der Waals surface area contributed by atoms with Crippen molar-refractivity contribution >= 4 is 64.3 Å². The zero-order chi connectivity index (χ0) is 28.9. The molecule has 41 heavy (non-hydrogen) atoms. The van der Waals surface area contributed by atoms with Crippen LogP contribution in [0.1, 0.15) is 16.9 Å². The zero-order valence-electron chi connectivity index (χ0n) is 21.7. The molecule has 0 amide bonds. The molecular weight excluding hydrogens is 567 g/mol. The standard InChI is InChI=1S/C28H22Cl2N8O3/c1-16-3-5-20(13-17(16)2)33-27-34-26(32-19-6-8-21(9-7-19)38(39)40)35-28(36-27)37-31-15-22-10-12-25(41-22)23-11-4-18(29)14-24(23)30/h3-15H,1-2H3,(H3,32,33,34,35,36,37). The highest BCUT2D eigenvalue weighted by atomic mass is 35.5. The summed E-state index contributed by atoms with van der Waals surface area (Å²) in [6.45, 7) is 4.04. The molecule has 0 bridgehead atoms. The largest absolute Gasteiger partial charge is 0.455 e. The number of anilines is 5. The summed E-state index contributed by atoms with van der Waals surface area (Å²) in [6.07, 6.45) is 1.47. The molecule has 2 heterocycles. The Morgan fingerprint density at radius 1 is 0.829 bits per heavy atom. The summed E-state index contributed by atoms with van der Waals surface area (Å²) in [5.74, 6) is 1.60. The molecule has 0 saturated heterocycles. The maximum atomic E-state index is 11.0. The van der Waals surface area contributed by atoms with Crippen LogP contribution in [-0.4, -0.2) is 26.1 Å². The summed E-state index contributed by atoms with van der Waals surface area (Å²) >= 11 is 12.3. The minimum Gasteiger partial charge on any atom is -0.455 e. The van der Waals surface area contributed by atoms with Gasteiger partial charge < -0.3 is 15.1 Å². The molecule has 0 aliphatic heterocycles. The minimum atomic E-state index is -0.468. The van der Waals surface area contributed by atoms with Gasteiger partial charge in [-0.05, 0) is 79.6 Å². The number of nitro benzene ring substituents is 1. The van der Waals surface area contributed by atoms with Gasteiger partial charge in [-0.1, -0.05) is 29.3 Å². The molecule has 5 aromatic rings. The number of non-ortho nitro benzene ring substituents is 1. The lowest BCUT2D eigenvalue weighted by Gasteiger charge is -2.11. The lowest BCUT2D eigenvalue weighted by Crippen LogP contribution is -2.07. The number of hydrogen-bond acceptors (Lipinski definition) is 10. The van der Waals surface area contributed by atoms with E-state index in [9.17, 15) is 10.1 Å². The van der Waals surface area contributed by atoms with Crippen molar-refractivity contribution in [1.29, 1.82) is 0 Å². The number of aryl methyl sites for hydroxylation is 2. The van der Waals surface area contributed by atoms with Crippen LogP contribution in [-0.2, 0) is 0 Å². The fraction of sp³-hybridized carbons (Fsp3) is 0.0714. The van der Waals surface area contributed by atoms with E-state index in [1.54, 1.807) is 42.5 Å². The molecule has 206 valence electrons. The van der Waals surface area contributed by atoms with Gasteiger partial charge in [0.05, 0.1) is 16.2 Å². The van der Waals surface area contributed by atoms with E-state index in [4.69, 9.17) is 27.6 Å². The number of hydrogen-bond donors (Lipinski definition) is 3. The van der Waals surface area contributed by atoms with Crippen LogP contribution in [0, 0.1) is 24.0 Å². The summed E-state index contributed by atoms with van der Waals surface area (Å²) in [5, 5.41) is 22.4. The Kier molecular flexibility index (Phi) is 8.09. The Bertz CT molecular complexity index is 1760. The topological polar surface area (TPSA) is 143 Å². The molecule has 0 saturated carbocycles. The Morgan fingerprint density at radius 2 is 1.51 bits per heavy atom. The second-order valence-electron chi connectivity index (χ2n) is 8.86. The lowest BCUT2D eigenvalue weighted by molar-refractivity contribution is -0.384. The van der Waals surface area contributed by atoms with Gasteiger partial charge in [-0.15, -0.1) is 0 Å². The molecule has 5 rings (SSSR count). The molecule has 11 nitrogen and oxygen atoms in total. The smallest absolute Gasteiger partial charge is 0.269 e. The van der Waals surface area contributed by atoms with E-state index in [1.165, 1.54) is 18.3 Å². The molecule has 13 heteroatoms. The molecule has 0 spiro atoms. The van der Waals surface area contributed by atoms with E-state index < -0.39 is 4.92 Å². The predicted octanol–water partition coefficient (Wildman–Crippen LogP) is 7.90. The number of nitrogens with one attached hydrogen (secondary N) is 3. The van der Waals surface area contributed by atoms with Crippen LogP contribution in [0.25, 0.3) is 11.3 Å². The number of halogens is 2. The Labute approximate surface area is 244 Å². The van der Waals surface area contributed by atoms with Gasteiger partial charge in [0.2, 0.25) is 17.8 Å². The number of nitrogens with zero attached hydrogens (tertiary/aromatic N) is 5. The van der Waals surface area contributed by atoms with Gasteiger partial charge in [-0.3, -0.25) is 10.1 Å². The van der Waals surface area contributed by atoms with Crippen LogP contribution in [0.5, 0.6) is 0 Å².